The Morgan fingerprint density at radius 2 is 1.97 bits per heavy atom. The van der Waals surface area contributed by atoms with E-state index in [1.165, 1.54) is 22.9 Å². The smallest absolute Gasteiger partial charge is 0.265 e. The quantitative estimate of drug-likeness (QED) is 0.317. The number of carbonyl (C=O) groups is 2. The van der Waals surface area contributed by atoms with Gasteiger partial charge in [0.05, 0.1) is 18.1 Å². The van der Waals surface area contributed by atoms with Gasteiger partial charge in [0.15, 0.2) is 0 Å². The summed E-state index contributed by atoms with van der Waals surface area (Å²) < 4.78 is 5.25. The first kappa shape index (κ1) is 24.9. The van der Waals surface area contributed by atoms with E-state index in [0.717, 1.165) is 16.7 Å². The number of furan rings is 1. The summed E-state index contributed by atoms with van der Waals surface area (Å²) in [5, 5.41) is 13.3. The van der Waals surface area contributed by atoms with E-state index in [1.54, 1.807) is 30.3 Å². The Labute approximate surface area is 217 Å². The standard InChI is InChI=1S/C26H21Cl2N3O3S/c1-15-5-8-19(10-16(15)2)31-25(33)23(11-17-6-7-18(27)12-22(17)28)35-26(31)21(13-29)24(32)30-14-20-4-3-9-34-20/h3-10,12,23H,11,14H2,1-2H3,(H,30,32)/b26-21-. The molecule has 2 heterocycles. The van der Waals surface area contributed by atoms with Gasteiger partial charge in [-0.1, -0.05) is 47.1 Å². The van der Waals surface area contributed by atoms with Crippen molar-refractivity contribution in [2.75, 3.05) is 4.90 Å². The number of halogens is 2. The van der Waals surface area contributed by atoms with Crippen LogP contribution in [0.5, 0.6) is 0 Å². The molecule has 2 aromatic carbocycles. The number of carbonyl (C=O) groups excluding carboxylic acids is 2. The molecule has 35 heavy (non-hydrogen) atoms. The minimum absolute atomic E-state index is 0.121. The normalized spacial score (nSPS) is 16.8. The van der Waals surface area contributed by atoms with Gasteiger partial charge in [0.2, 0.25) is 5.91 Å². The number of aryl methyl sites for hydroxylation is 2. The lowest BCUT2D eigenvalue weighted by molar-refractivity contribution is -0.117. The Kier molecular flexibility index (Phi) is 7.56. The molecule has 6 nitrogen and oxygen atoms in total. The van der Waals surface area contributed by atoms with Crippen molar-refractivity contribution in [3.63, 3.8) is 0 Å². The molecule has 1 unspecified atom stereocenters. The zero-order valence-corrected chi connectivity index (χ0v) is 21.3. The fourth-order valence-electron chi connectivity index (χ4n) is 3.64. The maximum atomic E-state index is 13.6. The van der Waals surface area contributed by atoms with Crippen LogP contribution in [-0.4, -0.2) is 17.1 Å². The van der Waals surface area contributed by atoms with Crippen molar-refractivity contribution in [3.05, 3.63) is 97.9 Å². The highest BCUT2D eigenvalue weighted by Gasteiger charge is 2.41. The minimum Gasteiger partial charge on any atom is -0.467 e. The molecular weight excluding hydrogens is 505 g/mol. The maximum Gasteiger partial charge on any atom is 0.265 e. The molecule has 0 spiro atoms. The van der Waals surface area contributed by atoms with Crippen LogP contribution in [0.2, 0.25) is 10.0 Å². The van der Waals surface area contributed by atoms with Gasteiger partial charge in [0.25, 0.3) is 5.91 Å². The summed E-state index contributed by atoms with van der Waals surface area (Å²) >= 11 is 13.6. The van der Waals surface area contributed by atoms with Crippen LogP contribution in [0.1, 0.15) is 22.5 Å². The topological polar surface area (TPSA) is 86.3 Å². The van der Waals surface area contributed by atoms with Crippen molar-refractivity contribution in [1.82, 2.24) is 5.32 Å². The fraction of sp³-hybridized carbons (Fsp3) is 0.192. The van der Waals surface area contributed by atoms with Crippen LogP contribution < -0.4 is 10.2 Å². The number of amides is 2. The third kappa shape index (κ3) is 5.40. The summed E-state index contributed by atoms with van der Waals surface area (Å²) in [4.78, 5) is 28.1. The lowest BCUT2D eigenvalue weighted by Crippen LogP contribution is -2.32. The summed E-state index contributed by atoms with van der Waals surface area (Å²) in [5.41, 5.74) is 3.27. The Morgan fingerprint density at radius 3 is 2.63 bits per heavy atom. The van der Waals surface area contributed by atoms with Crippen molar-refractivity contribution in [1.29, 1.82) is 5.26 Å². The molecule has 0 saturated carbocycles. The first-order valence-electron chi connectivity index (χ1n) is 10.7. The average Bonchev–Trinajstić information content (AvgIpc) is 3.45. The number of hydrogen-bond acceptors (Lipinski definition) is 5. The maximum absolute atomic E-state index is 13.6. The van der Waals surface area contributed by atoms with Crippen molar-refractivity contribution in [2.45, 2.75) is 32.1 Å². The zero-order valence-electron chi connectivity index (χ0n) is 19.0. The summed E-state index contributed by atoms with van der Waals surface area (Å²) in [7, 11) is 0. The third-order valence-electron chi connectivity index (χ3n) is 5.68. The largest absolute Gasteiger partial charge is 0.467 e. The number of benzene rings is 2. The van der Waals surface area contributed by atoms with E-state index in [-0.39, 0.29) is 23.1 Å². The number of anilines is 1. The molecule has 1 saturated heterocycles. The van der Waals surface area contributed by atoms with E-state index >= 15 is 0 Å². The van der Waals surface area contributed by atoms with Gasteiger partial charge in [0, 0.05) is 15.7 Å². The summed E-state index contributed by atoms with van der Waals surface area (Å²) in [5.74, 6) is -0.263. The predicted octanol–water partition coefficient (Wildman–Crippen LogP) is 5.95. The van der Waals surface area contributed by atoms with Crippen LogP contribution in [0.15, 0.2) is 69.8 Å². The molecule has 3 aromatic rings. The molecule has 1 fully saturated rings. The number of nitriles is 1. The molecule has 4 rings (SSSR count). The molecule has 0 aliphatic carbocycles. The zero-order chi connectivity index (χ0) is 25.1. The van der Waals surface area contributed by atoms with Gasteiger partial charge in [0.1, 0.15) is 22.4 Å². The monoisotopic (exact) mass is 525 g/mol. The average molecular weight is 526 g/mol. The van der Waals surface area contributed by atoms with Crippen LogP contribution in [-0.2, 0) is 22.6 Å². The lowest BCUT2D eigenvalue weighted by atomic mass is 10.1. The Bertz CT molecular complexity index is 1360. The summed E-state index contributed by atoms with van der Waals surface area (Å²) in [6.07, 6.45) is 1.82. The molecule has 9 heteroatoms. The van der Waals surface area contributed by atoms with E-state index in [9.17, 15) is 14.9 Å². The van der Waals surface area contributed by atoms with Gasteiger partial charge in [-0.05, 0) is 73.4 Å². The molecule has 2 amide bonds. The van der Waals surface area contributed by atoms with E-state index in [2.05, 4.69) is 5.32 Å². The summed E-state index contributed by atoms with van der Waals surface area (Å²) in [6.45, 7) is 4.04. The highest BCUT2D eigenvalue weighted by atomic mass is 35.5. The van der Waals surface area contributed by atoms with Gasteiger partial charge in [-0.15, -0.1) is 0 Å². The number of thioether (sulfide) groups is 1. The van der Waals surface area contributed by atoms with Gasteiger partial charge in [-0.2, -0.15) is 5.26 Å². The van der Waals surface area contributed by atoms with Crippen LogP contribution in [0, 0.1) is 25.2 Å². The van der Waals surface area contributed by atoms with E-state index in [1.807, 2.05) is 38.1 Å². The summed E-state index contributed by atoms with van der Waals surface area (Å²) in [6, 6.07) is 16.2. The van der Waals surface area contributed by atoms with Crippen molar-refractivity contribution < 1.29 is 14.0 Å². The van der Waals surface area contributed by atoms with Gasteiger partial charge in [-0.25, -0.2) is 0 Å². The SMILES string of the molecule is Cc1ccc(N2C(=O)C(Cc3ccc(Cl)cc3Cl)S/C2=C(/C#N)C(=O)NCc2ccco2)cc1C. The van der Waals surface area contributed by atoms with Crippen molar-refractivity contribution >= 4 is 52.5 Å². The third-order valence-corrected chi connectivity index (χ3v) is 7.53. The van der Waals surface area contributed by atoms with Crippen molar-refractivity contribution in [3.8, 4) is 6.07 Å². The first-order chi connectivity index (χ1) is 16.8. The fourth-order valence-corrected chi connectivity index (χ4v) is 5.42. The van der Waals surface area contributed by atoms with Crippen LogP contribution >= 0.6 is 35.0 Å². The van der Waals surface area contributed by atoms with Crippen LogP contribution in [0.3, 0.4) is 0 Å². The Balaban J connectivity index is 1.71. The number of nitrogens with zero attached hydrogens (tertiary/aromatic N) is 2. The second kappa shape index (κ2) is 10.6. The molecule has 0 bridgehead atoms. The van der Waals surface area contributed by atoms with E-state index in [0.29, 0.717) is 27.9 Å². The van der Waals surface area contributed by atoms with Gasteiger partial charge >= 0.3 is 0 Å². The number of nitrogens with one attached hydrogen (secondary N) is 1. The number of hydrogen-bond donors (Lipinski definition) is 1. The second-order valence-electron chi connectivity index (χ2n) is 8.04. The van der Waals surface area contributed by atoms with Gasteiger partial charge in [-0.3, -0.25) is 14.5 Å². The Morgan fingerprint density at radius 1 is 1.17 bits per heavy atom. The second-order valence-corrected chi connectivity index (χ2v) is 10.1. The molecule has 1 aliphatic rings. The van der Waals surface area contributed by atoms with E-state index in [4.69, 9.17) is 27.6 Å². The number of rotatable bonds is 6. The molecule has 1 N–H and O–H groups in total. The van der Waals surface area contributed by atoms with Crippen LogP contribution in [0.4, 0.5) is 5.69 Å². The Hall–Kier alpha value is -3.18. The van der Waals surface area contributed by atoms with E-state index < -0.39 is 11.2 Å². The molecule has 0 radical (unpaired) electrons. The molecule has 1 aromatic heterocycles. The first-order valence-corrected chi connectivity index (χ1v) is 12.4. The van der Waals surface area contributed by atoms with Gasteiger partial charge < -0.3 is 9.73 Å². The lowest BCUT2D eigenvalue weighted by Gasteiger charge is -2.20. The molecule has 1 aliphatic heterocycles. The predicted molar refractivity (Wildman–Crippen MR) is 138 cm³/mol. The highest BCUT2D eigenvalue weighted by molar-refractivity contribution is 8.05. The minimum atomic E-state index is -0.585. The molecule has 1 atom stereocenters. The van der Waals surface area contributed by atoms with Crippen molar-refractivity contribution in [2.24, 2.45) is 0 Å². The molecular formula is C26H21Cl2N3O3S. The molecule has 178 valence electrons. The highest BCUT2D eigenvalue weighted by Crippen LogP contribution is 2.43. The van der Waals surface area contributed by atoms with Crippen LogP contribution in [0.25, 0.3) is 0 Å².